The van der Waals surface area contributed by atoms with Gasteiger partial charge in [0, 0.05) is 13.1 Å². The topological polar surface area (TPSA) is 64.3 Å². The average Bonchev–Trinajstić information content (AvgIpc) is 2.40. The molecule has 0 saturated heterocycles. The number of nitrogens with one attached hydrogen (secondary N) is 1. The molecule has 0 spiro atoms. The molecule has 4 nitrogen and oxygen atoms in total. The molecule has 1 unspecified atom stereocenters. The van der Waals surface area contributed by atoms with E-state index < -0.39 is 0 Å². The Morgan fingerprint density at radius 1 is 1.53 bits per heavy atom. The molecule has 19 heavy (non-hydrogen) atoms. The summed E-state index contributed by atoms with van der Waals surface area (Å²) in [6, 6.07) is 6.12. The van der Waals surface area contributed by atoms with Gasteiger partial charge in [-0.2, -0.15) is 0 Å². The monoisotopic (exact) mass is 328 g/mol. The van der Waals surface area contributed by atoms with Gasteiger partial charge in [0.15, 0.2) is 0 Å². The van der Waals surface area contributed by atoms with E-state index >= 15 is 0 Å². The predicted octanol–water partition coefficient (Wildman–Crippen LogP) is 2.24. The van der Waals surface area contributed by atoms with E-state index in [0.717, 1.165) is 23.1 Å². The summed E-state index contributed by atoms with van der Waals surface area (Å²) in [4.78, 5) is 11.1. The molecule has 0 heterocycles. The Bertz CT molecular complexity index is 424. The van der Waals surface area contributed by atoms with E-state index in [1.54, 1.807) is 7.05 Å². The molecule has 0 aromatic heterocycles. The van der Waals surface area contributed by atoms with Gasteiger partial charge in [-0.05, 0) is 46.5 Å². The normalized spacial score (nSPS) is 12.0. The van der Waals surface area contributed by atoms with Crippen molar-refractivity contribution in [3.05, 3.63) is 28.2 Å². The lowest BCUT2D eigenvalue weighted by atomic mass is 10.0. The fourth-order valence-electron chi connectivity index (χ4n) is 1.61. The molecule has 0 radical (unpaired) electrons. The van der Waals surface area contributed by atoms with Crippen LogP contribution in [0.3, 0.4) is 0 Å². The van der Waals surface area contributed by atoms with E-state index in [0.29, 0.717) is 13.0 Å². The Morgan fingerprint density at radius 3 is 2.84 bits per heavy atom. The molecule has 1 atom stereocenters. The highest BCUT2D eigenvalue weighted by atomic mass is 79.9. The zero-order valence-electron chi connectivity index (χ0n) is 11.4. The first kappa shape index (κ1) is 16.0. The Hall–Kier alpha value is -1.07. The summed E-state index contributed by atoms with van der Waals surface area (Å²) in [6.45, 7) is 2.45. The molecule has 0 aliphatic heterocycles. The molecule has 0 saturated carbocycles. The summed E-state index contributed by atoms with van der Waals surface area (Å²) in [5, 5.41) is 2.56. The van der Waals surface area contributed by atoms with Crippen molar-refractivity contribution in [3.63, 3.8) is 0 Å². The summed E-state index contributed by atoms with van der Waals surface area (Å²) in [7, 11) is 1.62. The highest BCUT2D eigenvalue weighted by Gasteiger charge is 2.06. The summed E-state index contributed by atoms with van der Waals surface area (Å²) in [5.41, 5.74) is 7.11. The van der Waals surface area contributed by atoms with Crippen molar-refractivity contribution >= 4 is 21.8 Å². The molecule has 0 aliphatic carbocycles. The van der Waals surface area contributed by atoms with Crippen molar-refractivity contribution in [3.8, 4) is 5.75 Å². The molecular weight excluding hydrogens is 308 g/mol. The second kappa shape index (κ2) is 8.17. The van der Waals surface area contributed by atoms with Gasteiger partial charge < -0.3 is 15.8 Å². The number of benzene rings is 1. The van der Waals surface area contributed by atoms with Crippen LogP contribution in [0.25, 0.3) is 0 Å². The first-order chi connectivity index (χ1) is 9.06. The molecule has 0 fully saturated rings. The number of hydrogen-bond acceptors (Lipinski definition) is 3. The fourth-order valence-corrected chi connectivity index (χ4v) is 2.15. The Kier molecular flexibility index (Phi) is 6.87. The molecule has 0 aliphatic rings. The highest BCUT2D eigenvalue weighted by molar-refractivity contribution is 9.10. The number of amides is 1. The quantitative estimate of drug-likeness (QED) is 0.806. The number of ether oxygens (including phenoxy) is 1. The molecule has 0 bridgehead atoms. The van der Waals surface area contributed by atoms with Crippen LogP contribution in [0.15, 0.2) is 22.7 Å². The lowest BCUT2D eigenvalue weighted by molar-refractivity contribution is -0.121. The molecule has 3 N–H and O–H groups in total. The minimum absolute atomic E-state index is 0.0262. The minimum atomic E-state index is -0.0262. The number of nitrogens with two attached hydrogens (primary N) is 1. The fraction of sp³-hybridized carbons (Fsp3) is 0.500. The van der Waals surface area contributed by atoms with Crippen molar-refractivity contribution in [2.24, 2.45) is 5.73 Å². The smallest absolute Gasteiger partial charge is 0.223 e. The van der Waals surface area contributed by atoms with Crippen LogP contribution in [-0.2, 0) is 11.2 Å². The van der Waals surface area contributed by atoms with Crippen LogP contribution in [0.1, 0.15) is 25.3 Å². The summed E-state index contributed by atoms with van der Waals surface area (Å²) < 4.78 is 6.45. The van der Waals surface area contributed by atoms with Gasteiger partial charge in [-0.3, -0.25) is 4.79 Å². The van der Waals surface area contributed by atoms with Crippen molar-refractivity contribution in [2.45, 2.75) is 32.2 Å². The standard InChI is InChI=1S/C14H21BrN2O2/c1-3-11(16)8-10-4-5-13(12(15)9-10)19-7-6-14(18)17-2/h4-5,9,11H,3,6-8,16H2,1-2H3,(H,17,18). The number of hydrogen-bond donors (Lipinski definition) is 2. The van der Waals surface area contributed by atoms with Crippen molar-refractivity contribution in [1.82, 2.24) is 5.32 Å². The molecule has 1 aromatic carbocycles. The van der Waals surface area contributed by atoms with E-state index in [9.17, 15) is 4.79 Å². The molecule has 1 amide bonds. The molecule has 1 rings (SSSR count). The summed E-state index contributed by atoms with van der Waals surface area (Å²) >= 11 is 3.48. The van der Waals surface area contributed by atoms with Gasteiger partial charge in [0.05, 0.1) is 17.5 Å². The van der Waals surface area contributed by atoms with Crippen LogP contribution >= 0.6 is 15.9 Å². The maximum Gasteiger partial charge on any atom is 0.223 e. The van der Waals surface area contributed by atoms with Crippen molar-refractivity contribution in [1.29, 1.82) is 0 Å². The third-order valence-corrected chi connectivity index (χ3v) is 3.50. The van der Waals surface area contributed by atoms with Crippen LogP contribution in [0, 0.1) is 0 Å². The largest absolute Gasteiger partial charge is 0.492 e. The van der Waals surface area contributed by atoms with E-state index in [1.807, 2.05) is 18.2 Å². The van der Waals surface area contributed by atoms with Gasteiger partial charge >= 0.3 is 0 Å². The molecule has 106 valence electrons. The highest BCUT2D eigenvalue weighted by Crippen LogP contribution is 2.26. The van der Waals surface area contributed by atoms with E-state index in [1.165, 1.54) is 5.56 Å². The van der Waals surface area contributed by atoms with Gasteiger partial charge in [-0.1, -0.05) is 13.0 Å². The van der Waals surface area contributed by atoms with Crippen LogP contribution in [0.5, 0.6) is 5.75 Å². The molecule has 5 heteroatoms. The lowest BCUT2D eigenvalue weighted by Crippen LogP contribution is -2.21. The Morgan fingerprint density at radius 2 is 2.26 bits per heavy atom. The first-order valence-corrected chi connectivity index (χ1v) is 7.23. The van der Waals surface area contributed by atoms with Gasteiger partial charge in [-0.25, -0.2) is 0 Å². The van der Waals surface area contributed by atoms with E-state index in [4.69, 9.17) is 10.5 Å². The first-order valence-electron chi connectivity index (χ1n) is 6.44. The molecule has 1 aromatic rings. The van der Waals surface area contributed by atoms with Crippen LogP contribution in [0.2, 0.25) is 0 Å². The SMILES string of the molecule is CCC(N)Cc1ccc(OCCC(=O)NC)c(Br)c1. The van der Waals surface area contributed by atoms with Gasteiger partial charge in [0.2, 0.25) is 5.91 Å². The Labute approximate surface area is 122 Å². The van der Waals surface area contributed by atoms with Gasteiger partial charge in [-0.15, -0.1) is 0 Å². The zero-order chi connectivity index (χ0) is 14.3. The van der Waals surface area contributed by atoms with Gasteiger partial charge in [0.1, 0.15) is 5.75 Å². The average molecular weight is 329 g/mol. The van der Waals surface area contributed by atoms with Gasteiger partial charge in [0.25, 0.3) is 0 Å². The number of halogens is 1. The van der Waals surface area contributed by atoms with Crippen molar-refractivity contribution in [2.75, 3.05) is 13.7 Å². The minimum Gasteiger partial charge on any atom is -0.492 e. The summed E-state index contributed by atoms with van der Waals surface area (Å²) in [6.07, 6.45) is 2.17. The predicted molar refractivity (Wildman–Crippen MR) is 80.3 cm³/mol. The second-order valence-corrected chi connectivity index (χ2v) is 5.26. The lowest BCUT2D eigenvalue weighted by Gasteiger charge is -2.12. The third-order valence-electron chi connectivity index (χ3n) is 2.88. The van der Waals surface area contributed by atoms with Crippen LogP contribution in [-0.4, -0.2) is 25.6 Å². The number of carbonyl (C=O) groups is 1. The molecular formula is C14H21BrN2O2. The Balaban J connectivity index is 2.54. The summed E-state index contributed by atoms with van der Waals surface area (Å²) in [5.74, 6) is 0.722. The third kappa shape index (κ3) is 5.61. The number of rotatable bonds is 7. The zero-order valence-corrected chi connectivity index (χ0v) is 13.0. The van der Waals surface area contributed by atoms with Crippen molar-refractivity contribution < 1.29 is 9.53 Å². The maximum absolute atomic E-state index is 11.1. The second-order valence-electron chi connectivity index (χ2n) is 4.41. The number of carbonyl (C=O) groups excluding carboxylic acids is 1. The van der Waals surface area contributed by atoms with E-state index in [-0.39, 0.29) is 11.9 Å². The van der Waals surface area contributed by atoms with Crippen LogP contribution < -0.4 is 15.8 Å². The van der Waals surface area contributed by atoms with E-state index in [2.05, 4.69) is 28.2 Å². The van der Waals surface area contributed by atoms with Crippen LogP contribution in [0.4, 0.5) is 0 Å². The maximum atomic E-state index is 11.1.